The van der Waals surface area contributed by atoms with Gasteiger partial charge < -0.3 is 0 Å². The predicted molar refractivity (Wildman–Crippen MR) is 36.5 cm³/mol. The number of alkyl halides is 2. The zero-order chi connectivity index (χ0) is 7.28. The van der Waals surface area contributed by atoms with Gasteiger partial charge in [-0.05, 0) is 0 Å². The Bertz CT molecular complexity index is 62.1. The van der Waals surface area contributed by atoms with Crippen molar-refractivity contribution in [3.05, 3.63) is 0 Å². The van der Waals surface area contributed by atoms with Crippen molar-refractivity contribution in [2.75, 3.05) is 0 Å². The molecule has 0 aromatic rings. The molecule has 0 radical (unpaired) electrons. The van der Waals surface area contributed by atoms with Crippen molar-refractivity contribution < 1.29 is 21.2 Å². The van der Waals surface area contributed by atoms with Gasteiger partial charge in [0.2, 0.25) is 0 Å². The van der Waals surface area contributed by atoms with Gasteiger partial charge in [0.05, 0.1) is 0 Å². The van der Waals surface area contributed by atoms with Crippen LogP contribution in [0.2, 0.25) is 0 Å². The summed E-state index contributed by atoms with van der Waals surface area (Å²) in [6.07, 6.45) is 2.49. The molecule has 0 unspecified atom stereocenters. The topological polar surface area (TPSA) is 52.0 Å². The fourth-order valence-electron chi connectivity index (χ4n) is 0.673. The first-order valence-electron chi connectivity index (χ1n) is 3.33. The van der Waals surface area contributed by atoms with E-state index in [0.717, 1.165) is 3.92 Å². The van der Waals surface area contributed by atoms with Crippen molar-refractivity contribution in [2.24, 2.45) is 11.5 Å². The van der Waals surface area contributed by atoms with Crippen LogP contribution in [0.15, 0.2) is 0 Å². The van der Waals surface area contributed by atoms with E-state index >= 15 is 0 Å². The monoisotopic (exact) mass is 243 g/mol. The molecule has 3 heteroatoms. The van der Waals surface area contributed by atoms with E-state index in [-0.39, 0.29) is 25.4 Å². The number of hydrogen-bond donors (Lipinski definition) is 2. The molecule has 58 valence electrons. The Labute approximate surface area is 67.6 Å². The molecule has 2 nitrogen and oxygen atoms in total. The maximum atomic E-state index is 5.47. The molecule has 0 atom stereocenters. The van der Waals surface area contributed by atoms with Crippen LogP contribution in [0.5, 0.6) is 0 Å². The number of rotatable bonds is 4. The van der Waals surface area contributed by atoms with E-state index in [9.17, 15) is 0 Å². The summed E-state index contributed by atoms with van der Waals surface area (Å²) in [6.45, 7) is 4.41. The molecule has 0 rings (SSSR count). The van der Waals surface area contributed by atoms with Gasteiger partial charge in [0.25, 0.3) is 0 Å². The Kier molecular flexibility index (Phi) is 5.83. The van der Waals surface area contributed by atoms with Gasteiger partial charge in [0, 0.05) is 0 Å². The molecule has 0 aliphatic heterocycles. The molecule has 0 saturated carbocycles. The van der Waals surface area contributed by atoms with Gasteiger partial charge in [0.1, 0.15) is 0 Å². The minimum atomic E-state index is -0.00583. The van der Waals surface area contributed by atoms with Crippen LogP contribution in [0, 0.1) is 0 Å². The van der Waals surface area contributed by atoms with E-state index in [1.807, 2.05) is 0 Å². The average molecular weight is 243 g/mol. The summed E-state index contributed by atoms with van der Waals surface area (Å²) in [6, 6.07) is 0. The SMILES string of the molecule is CCC(CC)[I-]C(N)N. The summed E-state index contributed by atoms with van der Waals surface area (Å²) in [5, 5.41) is 0. The summed E-state index contributed by atoms with van der Waals surface area (Å²) in [4.78, 5) is 0. The molecule has 9 heavy (non-hydrogen) atoms. The average Bonchev–Trinajstić information content (AvgIpc) is 1.82. The predicted octanol–water partition coefficient (Wildman–Crippen LogP) is -2.53. The molecule has 0 aromatic carbocycles. The van der Waals surface area contributed by atoms with E-state index in [1.54, 1.807) is 0 Å². The van der Waals surface area contributed by atoms with Crippen molar-refractivity contribution in [2.45, 2.75) is 34.8 Å². The quantitative estimate of drug-likeness (QED) is 0.247. The van der Waals surface area contributed by atoms with E-state index in [0.29, 0.717) is 0 Å². The fourth-order valence-corrected chi connectivity index (χ4v) is 2.86. The van der Waals surface area contributed by atoms with Crippen LogP contribution >= 0.6 is 0 Å². The van der Waals surface area contributed by atoms with Crippen molar-refractivity contribution in [1.82, 2.24) is 0 Å². The van der Waals surface area contributed by atoms with E-state index < -0.39 is 0 Å². The zero-order valence-corrected chi connectivity index (χ0v) is 8.26. The van der Waals surface area contributed by atoms with Crippen LogP contribution in [0.4, 0.5) is 0 Å². The second-order valence-corrected chi connectivity index (χ2v) is 5.90. The Morgan fingerprint density at radius 1 is 1.22 bits per heavy atom. The maximum absolute atomic E-state index is 5.47. The Morgan fingerprint density at radius 2 is 1.67 bits per heavy atom. The molecule has 0 spiro atoms. The Hall–Kier alpha value is 0.650. The number of halogens is 1. The molecule has 0 saturated heterocycles. The first-order chi connectivity index (χ1) is 4.20. The minimum absolute atomic E-state index is 0.00583. The third kappa shape index (κ3) is 5.11. The van der Waals surface area contributed by atoms with Crippen LogP contribution in [-0.4, -0.2) is 8.10 Å². The van der Waals surface area contributed by atoms with Gasteiger partial charge in [-0.3, -0.25) is 0 Å². The van der Waals surface area contributed by atoms with Crippen LogP contribution in [0.3, 0.4) is 0 Å². The van der Waals surface area contributed by atoms with E-state index in [2.05, 4.69) is 13.8 Å². The Morgan fingerprint density at radius 3 is 1.78 bits per heavy atom. The molecular formula is C6H16IN2-. The van der Waals surface area contributed by atoms with Gasteiger partial charge in [-0.25, -0.2) is 0 Å². The van der Waals surface area contributed by atoms with Crippen molar-refractivity contribution in [3.63, 3.8) is 0 Å². The van der Waals surface area contributed by atoms with E-state index in [1.165, 1.54) is 12.8 Å². The molecule has 0 fully saturated rings. The molecule has 4 N–H and O–H groups in total. The molecular weight excluding hydrogens is 227 g/mol. The van der Waals surface area contributed by atoms with Crippen LogP contribution in [0.1, 0.15) is 26.7 Å². The van der Waals surface area contributed by atoms with Gasteiger partial charge in [0.15, 0.2) is 0 Å². The summed E-state index contributed by atoms with van der Waals surface area (Å²) < 4.78 is 0.831. The number of nitrogens with two attached hydrogens (primary N) is 2. The van der Waals surface area contributed by atoms with Gasteiger partial charge >= 0.3 is 67.5 Å². The standard InChI is InChI=1S/C6H16IN2/c1-3-5(4-2)7-6(8)9/h5-6H,3-4,8-9H2,1-2H3/q-1. The summed E-state index contributed by atoms with van der Waals surface area (Å²) in [5.41, 5.74) is 10.9. The Balaban J connectivity index is 3.31. The molecule has 0 aliphatic rings. The van der Waals surface area contributed by atoms with Crippen molar-refractivity contribution in [1.29, 1.82) is 0 Å². The second-order valence-electron chi connectivity index (χ2n) is 1.98. The van der Waals surface area contributed by atoms with Gasteiger partial charge in [-0.2, -0.15) is 0 Å². The van der Waals surface area contributed by atoms with E-state index in [4.69, 9.17) is 11.5 Å². The van der Waals surface area contributed by atoms with Crippen molar-refractivity contribution in [3.8, 4) is 0 Å². The van der Waals surface area contributed by atoms with Crippen LogP contribution < -0.4 is 32.7 Å². The molecule has 0 aliphatic carbocycles. The first-order valence-corrected chi connectivity index (χ1v) is 5.83. The summed E-state index contributed by atoms with van der Waals surface area (Å²) in [7, 11) is 0. The summed E-state index contributed by atoms with van der Waals surface area (Å²) >= 11 is 0.0547. The van der Waals surface area contributed by atoms with Crippen LogP contribution in [0.25, 0.3) is 0 Å². The molecule has 0 aromatic heterocycles. The molecule has 0 heterocycles. The van der Waals surface area contributed by atoms with Gasteiger partial charge in [-0.15, -0.1) is 0 Å². The van der Waals surface area contributed by atoms with Crippen molar-refractivity contribution >= 4 is 0 Å². The number of hydrogen-bond acceptors (Lipinski definition) is 2. The normalized spacial score (nSPS) is 11.8. The second kappa shape index (κ2) is 5.44. The van der Waals surface area contributed by atoms with Gasteiger partial charge in [-0.1, -0.05) is 0 Å². The third-order valence-corrected chi connectivity index (χ3v) is 4.82. The fraction of sp³-hybridized carbons (Fsp3) is 1.00. The van der Waals surface area contributed by atoms with Crippen LogP contribution in [-0.2, 0) is 0 Å². The zero-order valence-electron chi connectivity index (χ0n) is 6.10. The summed E-state index contributed by atoms with van der Waals surface area (Å²) in [5.74, 6) is 0. The molecule has 0 bridgehead atoms. The molecule has 0 amide bonds. The first kappa shape index (κ1) is 9.65. The third-order valence-electron chi connectivity index (χ3n) is 1.21.